The molecule has 9 nitrogen and oxygen atoms in total. The van der Waals surface area contributed by atoms with E-state index in [0.29, 0.717) is 17.9 Å². The Balaban J connectivity index is 1.99. The molecule has 0 heterocycles. The van der Waals surface area contributed by atoms with Crippen molar-refractivity contribution in [1.82, 2.24) is 10.2 Å². The van der Waals surface area contributed by atoms with Crippen LogP contribution in [0.5, 0.6) is 11.5 Å². The van der Waals surface area contributed by atoms with Gasteiger partial charge in [0.15, 0.2) is 11.5 Å². The van der Waals surface area contributed by atoms with E-state index >= 15 is 0 Å². The summed E-state index contributed by atoms with van der Waals surface area (Å²) in [6.45, 7) is 5.06. The number of benzene rings is 3. The molecule has 40 heavy (non-hydrogen) atoms. The van der Waals surface area contributed by atoms with Crippen LogP contribution in [0.1, 0.15) is 26.3 Å². The highest BCUT2D eigenvalue weighted by molar-refractivity contribution is 7.92. The molecular weight excluding hydrogens is 530 g/mol. The Bertz CT molecular complexity index is 1380. The summed E-state index contributed by atoms with van der Waals surface area (Å²) in [4.78, 5) is 28.2. The van der Waals surface area contributed by atoms with E-state index in [0.717, 1.165) is 9.87 Å². The van der Waals surface area contributed by atoms with Gasteiger partial charge < -0.3 is 19.7 Å². The minimum Gasteiger partial charge on any atom is -0.493 e. The molecule has 2 amide bonds. The number of carbonyl (C=O) groups is 2. The normalized spacial score (nSPS) is 11.9. The van der Waals surface area contributed by atoms with Gasteiger partial charge in [0.25, 0.3) is 10.0 Å². The van der Waals surface area contributed by atoms with Gasteiger partial charge in [0.2, 0.25) is 11.8 Å². The summed E-state index contributed by atoms with van der Waals surface area (Å²) >= 11 is 0. The maximum Gasteiger partial charge on any atom is 0.264 e. The van der Waals surface area contributed by atoms with Crippen molar-refractivity contribution < 1.29 is 27.5 Å². The fourth-order valence-electron chi connectivity index (χ4n) is 4.20. The van der Waals surface area contributed by atoms with Gasteiger partial charge in [-0.25, -0.2) is 8.42 Å². The molecule has 0 saturated carbocycles. The van der Waals surface area contributed by atoms with Gasteiger partial charge in [-0.15, -0.1) is 0 Å². The Morgan fingerprint density at radius 1 is 0.850 bits per heavy atom. The summed E-state index contributed by atoms with van der Waals surface area (Å²) in [7, 11) is -1.35. The maximum atomic E-state index is 14.0. The Morgan fingerprint density at radius 3 is 2.02 bits per heavy atom. The monoisotopic (exact) mass is 567 g/mol. The molecule has 0 saturated heterocycles. The van der Waals surface area contributed by atoms with Crippen molar-refractivity contribution >= 4 is 27.5 Å². The minimum absolute atomic E-state index is 0.0664. The van der Waals surface area contributed by atoms with Crippen LogP contribution in [0, 0.1) is 0 Å². The number of ether oxygens (including phenoxy) is 2. The molecule has 0 bridgehead atoms. The molecule has 0 spiro atoms. The van der Waals surface area contributed by atoms with Crippen LogP contribution in [-0.4, -0.2) is 64.5 Å². The molecule has 3 rings (SSSR count). The van der Waals surface area contributed by atoms with Crippen LogP contribution in [-0.2, 0) is 26.0 Å². The number of nitrogens with one attached hydrogen (secondary N) is 1. The summed E-state index contributed by atoms with van der Waals surface area (Å²) in [6.07, 6.45) is 0.500. The Hall–Kier alpha value is -4.05. The van der Waals surface area contributed by atoms with Crippen molar-refractivity contribution in [1.29, 1.82) is 0 Å². The first-order chi connectivity index (χ1) is 19.1. The number of methoxy groups -OCH3 is 2. The molecule has 0 aliphatic rings. The number of amides is 2. The van der Waals surface area contributed by atoms with E-state index < -0.39 is 28.5 Å². The average molecular weight is 568 g/mol. The third-order valence-electron chi connectivity index (χ3n) is 6.35. The number of nitrogens with zero attached hydrogens (tertiary/aromatic N) is 2. The Kier molecular flexibility index (Phi) is 10.6. The van der Waals surface area contributed by atoms with Crippen LogP contribution in [0.4, 0.5) is 5.69 Å². The Labute approximate surface area is 236 Å². The molecule has 1 atom stereocenters. The van der Waals surface area contributed by atoms with Crippen molar-refractivity contribution in [2.45, 2.75) is 44.2 Å². The maximum absolute atomic E-state index is 14.0. The van der Waals surface area contributed by atoms with E-state index in [1.54, 1.807) is 37.3 Å². The first-order valence-corrected chi connectivity index (χ1v) is 14.5. The number of rotatable bonds is 13. The minimum atomic E-state index is -4.22. The molecule has 3 aromatic carbocycles. The van der Waals surface area contributed by atoms with E-state index in [4.69, 9.17) is 9.47 Å². The van der Waals surface area contributed by atoms with E-state index in [2.05, 4.69) is 5.32 Å². The van der Waals surface area contributed by atoms with E-state index in [-0.39, 0.29) is 29.1 Å². The van der Waals surface area contributed by atoms with Gasteiger partial charge in [-0.1, -0.05) is 48.5 Å². The molecule has 0 aliphatic carbocycles. The van der Waals surface area contributed by atoms with Crippen molar-refractivity contribution in [3.05, 3.63) is 84.4 Å². The van der Waals surface area contributed by atoms with Crippen LogP contribution in [0.3, 0.4) is 0 Å². The number of hydrogen-bond donors (Lipinski definition) is 1. The quantitative estimate of drug-likeness (QED) is 0.336. The molecule has 3 aromatic rings. The number of anilines is 1. The lowest BCUT2D eigenvalue weighted by atomic mass is 10.1. The highest BCUT2D eigenvalue weighted by atomic mass is 32.2. The zero-order chi connectivity index (χ0) is 29.3. The zero-order valence-electron chi connectivity index (χ0n) is 23.5. The summed E-state index contributed by atoms with van der Waals surface area (Å²) in [6, 6.07) is 21.3. The van der Waals surface area contributed by atoms with Gasteiger partial charge in [0.05, 0.1) is 24.8 Å². The Morgan fingerprint density at radius 2 is 1.45 bits per heavy atom. The van der Waals surface area contributed by atoms with Gasteiger partial charge in [0, 0.05) is 18.7 Å². The number of para-hydroxylation sites is 1. The SMILES string of the molecule is COc1ccc(S(=O)(=O)N(CC(=O)N(CCc2ccccc2)[C@@H](C)C(=O)NC(C)C)c2ccccc2)cc1OC. The van der Waals surface area contributed by atoms with Crippen LogP contribution < -0.4 is 19.1 Å². The highest BCUT2D eigenvalue weighted by Gasteiger charge is 2.33. The summed E-state index contributed by atoms with van der Waals surface area (Å²) in [5.41, 5.74) is 1.31. The third kappa shape index (κ3) is 7.53. The standard InChI is InChI=1S/C30H37N3O6S/c1-22(2)31-30(35)23(3)32(19-18-24-12-8-6-9-13-24)29(34)21-33(25-14-10-7-11-15-25)40(36,37)26-16-17-27(38-4)28(20-26)39-5/h6-17,20,22-23H,18-19,21H2,1-5H3,(H,31,35)/t23-/m0/s1. The van der Waals surface area contributed by atoms with Crippen molar-refractivity contribution in [3.8, 4) is 11.5 Å². The summed E-state index contributed by atoms with van der Waals surface area (Å²) < 4.78 is 39.6. The van der Waals surface area contributed by atoms with Crippen LogP contribution >= 0.6 is 0 Å². The van der Waals surface area contributed by atoms with Gasteiger partial charge in [-0.05, 0) is 57.0 Å². The largest absolute Gasteiger partial charge is 0.493 e. The first-order valence-electron chi connectivity index (χ1n) is 13.0. The second-order valence-corrected chi connectivity index (χ2v) is 11.4. The van der Waals surface area contributed by atoms with Crippen LogP contribution in [0.25, 0.3) is 0 Å². The van der Waals surface area contributed by atoms with Gasteiger partial charge in [-0.2, -0.15) is 0 Å². The number of carbonyl (C=O) groups excluding carboxylic acids is 2. The molecule has 0 unspecified atom stereocenters. The van der Waals surface area contributed by atoms with Gasteiger partial charge in [0.1, 0.15) is 12.6 Å². The fourth-order valence-corrected chi connectivity index (χ4v) is 5.63. The lowest BCUT2D eigenvalue weighted by Gasteiger charge is -2.32. The van der Waals surface area contributed by atoms with E-state index in [1.165, 1.54) is 37.3 Å². The molecule has 0 fully saturated rings. The number of hydrogen-bond acceptors (Lipinski definition) is 6. The zero-order valence-corrected chi connectivity index (χ0v) is 24.4. The molecule has 0 aliphatic heterocycles. The van der Waals surface area contributed by atoms with E-state index in [1.807, 2.05) is 44.2 Å². The molecule has 214 valence electrons. The lowest BCUT2D eigenvalue weighted by molar-refractivity contribution is -0.139. The van der Waals surface area contributed by atoms with Crippen molar-refractivity contribution in [2.75, 3.05) is 31.6 Å². The molecule has 10 heteroatoms. The second-order valence-electron chi connectivity index (χ2n) is 9.53. The topological polar surface area (TPSA) is 105 Å². The van der Waals surface area contributed by atoms with Crippen LogP contribution in [0.15, 0.2) is 83.8 Å². The van der Waals surface area contributed by atoms with E-state index in [9.17, 15) is 18.0 Å². The summed E-state index contributed by atoms with van der Waals surface area (Å²) in [5.74, 6) is -0.201. The predicted octanol–water partition coefficient (Wildman–Crippen LogP) is 3.88. The molecule has 0 aromatic heterocycles. The molecular formula is C30H37N3O6S. The number of sulfonamides is 1. The summed E-state index contributed by atoms with van der Waals surface area (Å²) in [5, 5.41) is 2.85. The average Bonchev–Trinajstić information content (AvgIpc) is 2.95. The highest BCUT2D eigenvalue weighted by Crippen LogP contribution is 2.32. The molecule has 0 radical (unpaired) electrons. The fraction of sp³-hybridized carbons (Fsp3) is 0.333. The predicted molar refractivity (Wildman–Crippen MR) is 155 cm³/mol. The van der Waals surface area contributed by atoms with Crippen molar-refractivity contribution in [2.24, 2.45) is 0 Å². The third-order valence-corrected chi connectivity index (χ3v) is 8.12. The van der Waals surface area contributed by atoms with Gasteiger partial charge >= 0.3 is 0 Å². The first kappa shape index (κ1) is 30.5. The molecule has 1 N–H and O–H groups in total. The van der Waals surface area contributed by atoms with Crippen LogP contribution in [0.2, 0.25) is 0 Å². The van der Waals surface area contributed by atoms with Crippen molar-refractivity contribution in [3.63, 3.8) is 0 Å². The lowest BCUT2D eigenvalue weighted by Crippen LogP contribution is -2.53. The van der Waals surface area contributed by atoms with Gasteiger partial charge in [-0.3, -0.25) is 13.9 Å². The smallest absolute Gasteiger partial charge is 0.264 e. The second kappa shape index (κ2) is 13.8.